The molecule has 4 rings (SSSR count). The van der Waals surface area contributed by atoms with Gasteiger partial charge in [0, 0.05) is 18.8 Å². The molecule has 0 aromatic rings. The van der Waals surface area contributed by atoms with Gasteiger partial charge in [-0.2, -0.15) is 0 Å². The number of amidine groups is 1. The molecular formula is C16H23N3OS. The molecule has 0 spiro atoms. The van der Waals surface area contributed by atoms with E-state index in [-0.39, 0.29) is 11.9 Å². The van der Waals surface area contributed by atoms with Crippen LogP contribution in [0, 0.1) is 10.8 Å². The molecule has 3 atom stereocenters. The molecule has 3 heterocycles. The molecule has 5 heteroatoms. The Hall–Kier alpha value is -0.970. The fourth-order valence-corrected chi connectivity index (χ4v) is 5.73. The minimum absolute atomic E-state index is 0.191. The van der Waals surface area contributed by atoms with Gasteiger partial charge in [-0.05, 0) is 35.5 Å². The molecule has 0 radical (unpaired) electrons. The van der Waals surface area contributed by atoms with Crippen molar-refractivity contribution in [2.45, 2.75) is 52.1 Å². The number of hydrogen-bond acceptors (Lipinski definition) is 4. The number of hydrogen-bond donors (Lipinski definition) is 0. The number of carbonyl (C=O) groups is 1. The zero-order valence-electron chi connectivity index (χ0n) is 13.0. The van der Waals surface area contributed by atoms with Gasteiger partial charge in [-0.15, -0.1) is 0 Å². The molecule has 1 saturated carbocycles. The minimum Gasteiger partial charge on any atom is -0.337 e. The second-order valence-corrected chi connectivity index (χ2v) is 9.04. The smallest absolute Gasteiger partial charge is 0.249 e. The Morgan fingerprint density at radius 1 is 1.38 bits per heavy atom. The summed E-state index contributed by atoms with van der Waals surface area (Å²) in [6.07, 6.45) is 5.56. The van der Waals surface area contributed by atoms with Gasteiger partial charge in [-0.3, -0.25) is 4.79 Å². The molecule has 1 aliphatic carbocycles. The van der Waals surface area contributed by atoms with Crippen molar-refractivity contribution in [3.63, 3.8) is 0 Å². The zero-order chi connectivity index (χ0) is 14.8. The van der Waals surface area contributed by atoms with Gasteiger partial charge in [0.1, 0.15) is 6.04 Å². The molecule has 3 aliphatic heterocycles. The molecule has 1 amide bonds. The minimum atomic E-state index is -0.191. The molecule has 21 heavy (non-hydrogen) atoms. The second-order valence-electron chi connectivity index (χ2n) is 8.16. The Morgan fingerprint density at radius 2 is 2.19 bits per heavy atom. The number of nitrogens with zero attached hydrogens (tertiary/aromatic N) is 3. The molecule has 0 aromatic heterocycles. The van der Waals surface area contributed by atoms with E-state index < -0.39 is 0 Å². The van der Waals surface area contributed by atoms with E-state index in [1.807, 2.05) is 11.6 Å². The van der Waals surface area contributed by atoms with Crippen LogP contribution in [0.3, 0.4) is 0 Å². The highest BCUT2D eigenvalue weighted by Gasteiger charge is 2.52. The van der Waals surface area contributed by atoms with Crippen molar-refractivity contribution >= 4 is 22.8 Å². The summed E-state index contributed by atoms with van der Waals surface area (Å²) in [5.74, 6) is 0.248. The van der Waals surface area contributed by atoms with Gasteiger partial charge in [0.05, 0.1) is 6.54 Å². The fourth-order valence-electron chi connectivity index (χ4n) is 4.94. The van der Waals surface area contributed by atoms with Gasteiger partial charge in [-0.25, -0.2) is 4.99 Å². The largest absolute Gasteiger partial charge is 0.337 e. The van der Waals surface area contributed by atoms with E-state index in [1.54, 1.807) is 11.8 Å². The van der Waals surface area contributed by atoms with Gasteiger partial charge in [0.15, 0.2) is 5.17 Å². The number of thioether (sulfide) groups is 1. The number of carbonyl (C=O) groups excluding carboxylic acids is 1. The Balaban J connectivity index is 1.53. The predicted molar refractivity (Wildman–Crippen MR) is 85.9 cm³/mol. The van der Waals surface area contributed by atoms with Crippen LogP contribution >= 0.6 is 11.8 Å². The van der Waals surface area contributed by atoms with Gasteiger partial charge < -0.3 is 9.80 Å². The third kappa shape index (κ3) is 2.20. The van der Waals surface area contributed by atoms with Crippen molar-refractivity contribution in [3.05, 3.63) is 11.6 Å². The van der Waals surface area contributed by atoms with E-state index in [4.69, 9.17) is 0 Å². The first-order valence-electron chi connectivity index (χ1n) is 7.84. The van der Waals surface area contributed by atoms with Crippen LogP contribution in [0.4, 0.5) is 0 Å². The number of likely N-dealkylation sites (tertiary alicyclic amines) is 1. The summed E-state index contributed by atoms with van der Waals surface area (Å²) in [4.78, 5) is 21.8. The van der Waals surface area contributed by atoms with Crippen LogP contribution in [0.15, 0.2) is 16.6 Å². The topological polar surface area (TPSA) is 35.9 Å². The average Bonchev–Trinajstić information content (AvgIpc) is 2.97. The van der Waals surface area contributed by atoms with Crippen LogP contribution in [-0.2, 0) is 4.79 Å². The van der Waals surface area contributed by atoms with Crippen molar-refractivity contribution in [2.24, 2.45) is 15.8 Å². The van der Waals surface area contributed by atoms with Crippen molar-refractivity contribution in [3.8, 4) is 0 Å². The summed E-state index contributed by atoms with van der Waals surface area (Å²) in [5, 5.41) is 3.02. The normalized spacial score (nSPS) is 39.7. The van der Waals surface area contributed by atoms with Crippen molar-refractivity contribution < 1.29 is 4.79 Å². The maximum atomic E-state index is 12.9. The highest BCUT2D eigenvalue weighted by molar-refractivity contribution is 8.16. The van der Waals surface area contributed by atoms with Gasteiger partial charge >= 0.3 is 0 Å². The lowest BCUT2D eigenvalue weighted by Crippen LogP contribution is -2.43. The quantitative estimate of drug-likeness (QED) is 0.747. The van der Waals surface area contributed by atoms with Crippen LogP contribution in [0.1, 0.15) is 40.0 Å². The van der Waals surface area contributed by atoms with Crippen LogP contribution in [0.5, 0.6) is 0 Å². The van der Waals surface area contributed by atoms with E-state index in [0.717, 1.165) is 24.7 Å². The molecular weight excluding hydrogens is 282 g/mol. The number of amides is 1. The van der Waals surface area contributed by atoms with Crippen molar-refractivity contribution in [1.29, 1.82) is 0 Å². The zero-order valence-corrected chi connectivity index (χ0v) is 13.8. The summed E-state index contributed by atoms with van der Waals surface area (Å²) < 4.78 is 0. The number of fused-ring (bicyclic) bond motifs is 3. The molecule has 4 aliphatic rings. The van der Waals surface area contributed by atoms with E-state index in [9.17, 15) is 4.79 Å². The number of aliphatic imine (C=N–C) groups is 1. The lowest BCUT2D eigenvalue weighted by atomic mass is 9.65. The highest BCUT2D eigenvalue weighted by atomic mass is 32.2. The average molecular weight is 305 g/mol. The molecule has 4 nitrogen and oxygen atoms in total. The van der Waals surface area contributed by atoms with Gasteiger partial charge in [-0.1, -0.05) is 32.5 Å². The monoisotopic (exact) mass is 305 g/mol. The van der Waals surface area contributed by atoms with Crippen LogP contribution in [0.25, 0.3) is 0 Å². The lowest BCUT2D eigenvalue weighted by Gasteiger charge is -2.39. The second kappa shape index (κ2) is 4.28. The Morgan fingerprint density at radius 3 is 2.95 bits per heavy atom. The summed E-state index contributed by atoms with van der Waals surface area (Å²) in [7, 11) is 0. The standard InChI is InChI=1S/C16H23N3OS/c1-15(2)6-11-7-16(3,9-15)10-19(11)13(20)12-8-18-4-5-21-14(18)17-12/h4-5,11-12H,6-10H2,1-3H3. The first-order valence-corrected chi connectivity index (χ1v) is 8.72. The molecule has 0 aromatic carbocycles. The van der Waals surface area contributed by atoms with Crippen LogP contribution < -0.4 is 0 Å². The molecule has 2 bridgehead atoms. The third-order valence-corrected chi connectivity index (χ3v) is 6.09. The molecule has 1 saturated heterocycles. The molecule has 3 unspecified atom stereocenters. The summed E-state index contributed by atoms with van der Waals surface area (Å²) in [6.45, 7) is 8.69. The molecule has 0 N–H and O–H groups in total. The summed E-state index contributed by atoms with van der Waals surface area (Å²) in [5.41, 5.74) is 0.658. The van der Waals surface area contributed by atoms with E-state index in [2.05, 4.69) is 35.6 Å². The van der Waals surface area contributed by atoms with Gasteiger partial charge in [0.25, 0.3) is 0 Å². The molecule has 114 valence electrons. The lowest BCUT2D eigenvalue weighted by molar-refractivity contribution is -0.133. The Kier molecular flexibility index (Phi) is 2.79. The van der Waals surface area contributed by atoms with Gasteiger partial charge in [0.2, 0.25) is 5.91 Å². The first kappa shape index (κ1) is 13.7. The third-order valence-electron chi connectivity index (χ3n) is 5.28. The van der Waals surface area contributed by atoms with E-state index in [0.29, 0.717) is 16.9 Å². The summed E-state index contributed by atoms with van der Waals surface area (Å²) in [6, 6.07) is 0.230. The van der Waals surface area contributed by atoms with E-state index in [1.165, 1.54) is 12.8 Å². The fraction of sp³-hybridized carbons (Fsp3) is 0.750. The highest BCUT2D eigenvalue weighted by Crippen LogP contribution is 2.52. The van der Waals surface area contributed by atoms with Crippen LogP contribution in [-0.4, -0.2) is 46.0 Å². The summed E-state index contributed by atoms with van der Waals surface area (Å²) >= 11 is 1.62. The van der Waals surface area contributed by atoms with Crippen molar-refractivity contribution in [1.82, 2.24) is 9.80 Å². The first-order chi connectivity index (χ1) is 9.85. The van der Waals surface area contributed by atoms with E-state index >= 15 is 0 Å². The predicted octanol–water partition coefficient (Wildman–Crippen LogP) is 2.67. The van der Waals surface area contributed by atoms with Crippen LogP contribution in [0.2, 0.25) is 0 Å². The molecule has 2 fully saturated rings. The van der Waals surface area contributed by atoms with Crippen molar-refractivity contribution in [2.75, 3.05) is 13.1 Å². The maximum absolute atomic E-state index is 12.9. The SMILES string of the molecule is CC1(C)CC2CC(C)(CN2C(=O)C2CN3C=CSC3=N2)C1. The number of rotatable bonds is 1. The maximum Gasteiger partial charge on any atom is 0.249 e. The Labute approximate surface area is 130 Å². The Bertz CT molecular complexity index is 556.